The smallest absolute Gasteiger partial charge is 0.422 e. The highest BCUT2D eigenvalue weighted by Gasteiger charge is 2.43. The van der Waals surface area contributed by atoms with Crippen LogP contribution in [0.1, 0.15) is 41.2 Å². The third kappa shape index (κ3) is 4.79. The maximum Gasteiger partial charge on any atom is 0.422 e. The predicted octanol–water partition coefficient (Wildman–Crippen LogP) is 5.61. The molecule has 1 fully saturated rings. The number of carboxylic acids is 1. The Morgan fingerprint density at radius 2 is 1.80 bits per heavy atom. The van der Waals surface area contributed by atoms with Crippen LogP contribution in [0.2, 0.25) is 0 Å². The highest BCUT2D eigenvalue weighted by Crippen LogP contribution is 2.46. The zero-order valence-electron chi connectivity index (χ0n) is 21.3. The van der Waals surface area contributed by atoms with Crippen LogP contribution in [0.3, 0.4) is 0 Å². The fourth-order valence-electron chi connectivity index (χ4n) is 5.72. The van der Waals surface area contributed by atoms with Crippen molar-refractivity contribution >= 4 is 5.97 Å². The molecule has 0 amide bonds. The molecule has 2 aliphatic rings. The minimum atomic E-state index is -4.73. The van der Waals surface area contributed by atoms with Gasteiger partial charge in [0.2, 0.25) is 0 Å². The first kappa shape index (κ1) is 26.3. The number of carbonyl (C=O) groups is 1. The topological polar surface area (TPSA) is 113 Å². The van der Waals surface area contributed by atoms with Crippen molar-refractivity contribution in [1.29, 1.82) is 0 Å². The van der Waals surface area contributed by atoms with Gasteiger partial charge in [0.25, 0.3) is 0 Å². The fraction of sp³-hybridized carbons (Fsp3) is 0.345. The number of hydrogen-bond acceptors (Lipinski definition) is 7. The van der Waals surface area contributed by atoms with Crippen LogP contribution in [0.5, 0.6) is 0 Å². The van der Waals surface area contributed by atoms with E-state index in [0.29, 0.717) is 54.8 Å². The largest absolute Gasteiger partial charge is 0.481 e. The number of aliphatic hydroxyl groups is 1. The molecule has 3 heterocycles. The molecule has 1 aliphatic carbocycles. The van der Waals surface area contributed by atoms with Gasteiger partial charge in [-0.2, -0.15) is 13.2 Å². The van der Waals surface area contributed by atoms with Crippen molar-refractivity contribution in [1.82, 2.24) is 15.2 Å². The maximum atomic E-state index is 14.2. The number of aromatic nitrogens is 2. The molecule has 8 nitrogen and oxygen atoms in total. The summed E-state index contributed by atoms with van der Waals surface area (Å²) >= 11 is 0. The van der Waals surface area contributed by atoms with Gasteiger partial charge in [0, 0.05) is 29.8 Å². The van der Waals surface area contributed by atoms with E-state index in [1.54, 1.807) is 30.3 Å². The van der Waals surface area contributed by atoms with Crippen molar-refractivity contribution in [3.05, 3.63) is 70.8 Å². The van der Waals surface area contributed by atoms with E-state index in [2.05, 4.69) is 10.3 Å². The lowest BCUT2D eigenvalue weighted by molar-refractivity contribution is -0.143. The fourth-order valence-corrected chi connectivity index (χ4v) is 5.72. The van der Waals surface area contributed by atoms with Crippen LogP contribution in [0, 0.1) is 5.92 Å². The number of β-amino-alcohol motifs (C(OH)–C–C–N with tert-alkyl or cyclic N) is 1. The standard InChI is InChI=1S/C29H26F3N3O5/c30-29(31,32)23-25(34-39-26(23)16-5-2-1-3-6-16)24-21-11-8-17-13-18(9-10-20(17)27(21)40-33-24)22(36)15-35-12-4-7-19(14-35)28(37)38/h1-3,5-6,9-10,13,19,22,36H,4,7-8,11-12,14-15H2,(H,37,38)/t19-,22?/m0/s1. The summed E-state index contributed by atoms with van der Waals surface area (Å²) in [5.74, 6) is -1.26. The third-order valence-electron chi connectivity index (χ3n) is 7.71. The molecule has 11 heteroatoms. The van der Waals surface area contributed by atoms with E-state index in [-0.39, 0.29) is 17.0 Å². The van der Waals surface area contributed by atoms with Gasteiger partial charge in [-0.15, -0.1) is 0 Å². The number of hydrogen-bond donors (Lipinski definition) is 2. The van der Waals surface area contributed by atoms with Crippen molar-refractivity contribution < 1.29 is 37.2 Å². The molecule has 1 unspecified atom stereocenters. The lowest BCUT2D eigenvalue weighted by Gasteiger charge is -2.32. The SMILES string of the molecule is O=C(O)[C@H]1CCCN(CC(O)c2ccc3c(c2)CCc2c(-c4noc(-c5ccccc5)c4C(F)(F)F)noc2-3)C1. The van der Waals surface area contributed by atoms with Crippen LogP contribution in [0.4, 0.5) is 13.2 Å². The van der Waals surface area contributed by atoms with E-state index in [1.165, 1.54) is 12.1 Å². The molecule has 1 saturated heterocycles. The lowest BCUT2D eigenvalue weighted by atomic mass is 9.87. The van der Waals surface area contributed by atoms with E-state index in [4.69, 9.17) is 9.05 Å². The van der Waals surface area contributed by atoms with Gasteiger partial charge in [0.05, 0.1) is 12.0 Å². The van der Waals surface area contributed by atoms with Crippen molar-refractivity contribution in [2.45, 2.75) is 38.0 Å². The Kier molecular flexibility index (Phi) is 6.71. The summed E-state index contributed by atoms with van der Waals surface area (Å²) in [6.45, 7) is 1.44. The monoisotopic (exact) mass is 553 g/mol. The van der Waals surface area contributed by atoms with Crippen LogP contribution < -0.4 is 0 Å². The Morgan fingerprint density at radius 3 is 2.55 bits per heavy atom. The predicted molar refractivity (Wildman–Crippen MR) is 137 cm³/mol. The van der Waals surface area contributed by atoms with Gasteiger partial charge in [-0.1, -0.05) is 58.8 Å². The molecule has 0 spiro atoms. The molecular weight excluding hydrogens is 527 g/mol. The van der Waals surface area contributed by atoms with E-state index in [1.807, 2.05) is 11.0 Å². The number of nitrogens with zero attached hydrogens (tertiary/aromatic N) is 3. The lowest BCUT2D eigenvalue weighted by Crippen LogP contribution is -2.40. The molecule has 0 radical (unpaired) electrons. The van der Waals surface area contributed by atoms with Gasteiger partial charge in [-0.05, 0) is 43.4 Å². The molecule has 0 bridgehead atoms. The molecule has 6 rings (SSSR count). The molecule has 4 aromatic rings. The van der Waals surface area contributed by atoms with Crippen LogP contribution in [0.25, 0.3) is 34.0 Å². The number of likely N-dealkylation sites (tertiary alicyclic amines) is 1. The van der Waals surface area contributed by atoms with Crippen LogP contribution in [-0.4, -0.2) is 51.0 Å². The van der Waals surface area contributed by atoms with Crippen molar-refractivity contribution in [3.63, 3.8) is 0 Å². The number of aliphatic hydroxyl groups excluding tert-OH is 1. The first-order valence-electron chi connectivity index (χ1n) is 13.1. The van der Waals surface area contributed by atoms with Crippen molar-refractivity contribution in [2.75, 3.05) is 19.6 Å². The summed E-state index contributed by atoms with van der Waals surface area (Å²) < 4.78 is 53.5. The van der Waals surface area contributed by atoms with E-state index < -0.39 is 35.4 Å². The Labute approximate surface area is 227 Å². The number of aryl methyl sites for hydroxylation is 1. The van der Waals surface area contributed by atoms with Gasteiger partial charge >= 0.3 is 12.1 Å². The highest BCUT2D eigenvalue weighted by atomic mass is 19.4. The minimum Gasteiger partial charge on any atom is -0.481 e. The number of piperidine rings is 1. The number of aliphatic carboxylic acids is 1. The number of halogens is 3. The van der Waals surface area contributed by atoms with E-state index in [9.17, 15) is 28.2 Å². The first-order chi connectivity index (χ1) is 19.2. The molecule has 2 N–H and O–H groups in total. The zero-order chi connectivity index (χ0) is 28.0. The number of rotatable bonds is 6. The first-order valence-corrected chi connectivity index (χ1v) is 13.1. The van der Waals surface area contributed by atoms with Crippen LogP contribution >= 0.6 is 0 Å². The number of alkyl halides is 3. The summed E-state index contributed by atoms with van der Waals surface area (Å²) in [6.07, 6.45) is -3.27. The third-order valence-corrected chi connectivity index (χ3v) is 7.71. The van der Waals surface area contributed by atoms with Gasteiger partial charge in [-0.25, -0.2) is 0 Å². The second kappa shape index (κ2) is 10.2. The van der Waals surface area contributed by atoms with E-state index >= 15 is 0 Å². The molecule has 208 valence electrons. The normalized spacial score (nSPS) is 18.2. The Balaban J connectivity index is 1.28. The van der Waals surface area contributed by atoms with Crippen LogP contribution in [-0.2, 0) is 23.8 Å². The minimum absolute atomic E-state index is 0.00102. The number of fused-ring (bicyclic) bond motifs is 3. The molecule has 40 heavy (non-hydrogen) atoms. The van der Waals surface area contributed by atoms with Gasteiger partial charge in [0.15, 0.2) is 11.5 Å². The average molecular weight is 554 g/mol. The van der Waals surface area contributed by atoms with Gasteiger partial charge < -0.3 is 19.3 Å². The van der Waals surface area contributed by atoms with Crippen molar-refractivity contribution in [3.8, 4) is 34.0 Å². The quantitative estimate of drug-likeness (QED) is 0.317. The molecule has 2 aromatic heterocycles. The molecule has 1 aliphatic heterocycles. The van der Waals surface area contributed by atoms with E-state index in [0.717, 1.165) is 18.5 Å². The maximum absolute atomic E-state index is 14.2. The van der Waals surface area contributed by atoms with Gasteiger partial charge in [-0.3, -0.25) is 9.69 Å². The molecule has 0 saturated carbocycles. The Hall–Kier alpha value is -3.96. The molecule has 2 aromatic carbocycles. The van der Waals surface area contributed by atoms with Crippen molar-refractivity contribution in [2.24, 2.45) is 5.92 Å². The Morgan fingerprint density at radius 1 is 1.05 bits per heavy atom. The second-order valence-electron chi connectivity index (χ2n) is 10.3. The summed E-state index contributed by atoms with van der Waals surface area (Å²) in [5.41, 5.74) is 1.63. The number of carboxylic acid groups (broad SMARTS) is 1. The highest BCUT2D eigenvalue weighted by molar-refractivity contribution is 5.79. The summed E-state index contributed by atoms with van der Waals surface area (Å²) in [4.78, 5) is 13.3. The Bertz CT molecular complexity index is 1550. The zero-order valence-corrected chi connectivity index (χ0v) is 21.3. The summed E-state index contributed by atoms with van der Waals surface area (Å²) in [6, 6.07) is 13.4. The van der Waals surface area contributed by atoms with Gasteiger partial charge in [0.1, 0.15) is 17.0 Å². The molecule has 2 atom stereocenters. The summed E-state index contributed by atoms with van der Waals surface area (Å²) in [5, 5.41) is 28.0. The molecular formula is C29H26F3N3O5. The second-order valence-corrected chi connectivity index (χ2v) is 10.3. The summed E-state index contributed by atoms with van der Waals surface area (Å²) in [7, 11) is 0. The number of benzene rings is 2. The average Bonchev–Trinajstić information content (AvgIpc) is 3.58. The van der Waals surface area contributed by atoms with Crippen LogP contribution in [0.15, 0.2) is 57.6 Å².